The van der Waals surface area contributed by atoms with E-state index in [1.54, 1.807) is 19.2 Å². The van der Waals surface area contributed by atoms with Crippen molar-refractivity contribution in [1.29, 1.82) is 0 Å². The Hall–Kier alpha value is -2.07. The Bertz CT molecular complexity index is 795. The molecular formula is C20H27BF3N3O3. The van der Waals surface area contributed by atoms with Gasteiger partial charge in [-0.2, -0.15) is 13.2 Å². The van der Waals surface area contributed by atoms with Crippen LogP contribution < -0.4 is 5.32 Å². The maximum atomic E-state index is 13.1. The summed E-state index contributed by atoms with van der Waals surface area (Å²) < 4.78 is 36.9. The standard InChI is InChI=1S/C20H27BF3N3O3/c1-21(30)27-10-7-19(8-11-27)13-15(14-5-3-4-6-16(14)19)17(28)26(2)12-9-25-18(29)20(22,23)24/h3-6,15,30H,7-13H2,1-2H3,(H,25,29). The summed E-state index contributed by atoms with van der Waals surface area (Å²) in [5, 5.41) is 11.7. The van der Waals surface area contributed by atoms with Gasteiger partial charge in [0, 0.05) is 20.1 Å². The monoisotopic (exact) mass is 425 g/mol. The molecule has 164 valence electrons. The summed E-state index contributed by atoms with van der Waals surface area (Å²) in [6.45, 7) is 2.98. The molecule has 30 heavy (non-hydrogen) atoms. The van der Waals surface area contributed by atoms with Crippen molar-refractivity contribution < 1.29 is 27.8 Å². The number of rotatable bonds is 5. The Kier molecular flexibility index (Phi) is 6.47. The number of amides is 2. The lowest BCUT2D eigenvalue weighted by Crippen LogP contribution is -2.47. The van der Waals surface area contributed by atoms with Gasteiger partial charge in [0.05, 0.1) is 5.92 Å². The lowest BCUT2D eigenvalue weighted by molar-refractivity contribution is -0.173. The predicted molar refractivity (Wildman–Crippen MR) is 107 cm³/mol. The Morgan fingerprint density at radius 1 is 1.30 bits per heavy atom. The van der Waals surface area contributed by atoms with E-state index in [9.17, 15) is 27.8 Å². The Balaban J connectivity index is 1.68. The third kappa shape index (κ3) is 4.49. The molecule has 1 saturated heterocycles. The summed E-state index contributed by atoms with van der Waals surface area (Å²) >= 11 is 0. The van der Waals surface area contributed by atoms with E-state index in [1.165, 1.54) is 4.90 Å². The van der Waals surface area contributed by atoms with Crippen LogP contribution in [-0.2, 0) is 15.0 Å². The summed E-state index contributed by atoms with van der Waals surface area (Å²) in [6.07, 6.45) is -2.60. The largest absolute Gasteiger partial charge is 0.471 e. The van der Waals surface area contributed by atoms with Crippen molar-refractivity contribution in [2.75, 3.05) is 33.2 Å². The molecule has 1 aliphatic carbocycles. The van der Waals surface area contributed by atoms with E-state index in [2.05, 4.69) is 6.07 Å². The summed E-state index contributed by atoms with van der Waals surface area (Å²) in [4.78, 5) is 27.5. The molecule has 10 heteroatoms. The molecule has 0 bridgehead atoms. The fourth-order valence-corrected chi connectivity index (χ4v) is 4.73. The second-order valence-electron chi connectivity index (χ2n) is 8.31. The smallest absolute Gasteiger partial charge is 0.437 e. The van der Waals surface area contributed by atoms with Crippen LogP contribution in [0, 0.1) is 0 Å². The number of fused-ring (bicyclic) bond motifs is 2. The minimum atomic E-state index is -4.93. The third-order valence-electron chi connectivity index (χ3n) is 6.45. The van der Waals surface area contributed by atoms with Gasteiger partial charge in [0.2, 0.25) is 5.91 Å². The minimum Gasteiger partial charge on any atom is -0.437 e. The highest BCUT2D eigenvalue weighted by atomic mass is 19.4. The topological polar surface area (TPSA) is 72.9 Å². The fourth-order valence-electron chi connectivity index (χ4n) is 4.73. The van der Waals surface area contributed by atoms with Gasteiger partial charge < -0.3 is 20.1 Å². The normalized spacial score (nSPS) is 20.7. The van der Waals surface area contributed by atoms with Crippen LogP contribution in [-0.4, -0.2) is 73.0 Å². The number of piperidine rings is 1. The minimum absolute atomic E-state index is 0.00211. The van der Waals surface area contributed by atoms with Gasteiger partial charge in [-0.3, -0.25) is 9.59 Å². The molecule has 1 atom stereocenters. The Morgan fingerprint density at radius 3 is 2.53 bits per heavy atom. The highest BCUT2D eigenvalue weighted by Crippen LogP contribution is 2.52. The maximum Gasteiger partial charge on any atom is 0.471 e. The van der Waals surface area contributed by atoms with Crippen molar-refractivity contribution in [2.24, 2.45) is 0 Å². The summed E-state index contributed by atoms with van der Waals surface area (Å²) in [5.74, 6) is -2.51. The van der Waals surface area contributed by atoms with E-state index in [0.717, 1.165) is 37.1 Å². The molecule has 3 rings (SSSR count). The van der Waals surface area contributed by atoms with Crippen molar-refractivity contribution in [3.05, 3.63) is 35.4 Å². The lowest BCUT2D eigenvalue weighted by Gasteiger charge is -2.41. The predicted octanol–water partition coefficient (Wildman–Crippen LogP) is 1.75. The fraction of sp³-hybridized carbons (Fsp3) is 0.600. The van der Waals surface area contributed by atoms with Crippen LogP contribution in [0.15, 0.2) is 24.3 Å². The number of nitrogens with zero attached hydrogens (tertiary/aromatic N) is 2. The molecule has 0 radical (unpaired) electrons. The molecule has 1 fully saturated rings. The van der Waals surface area contributed by atoms with E-state index in [-0.39, 0.29) is 30.3 Å². The van der Waals surface area contributed by atoms with Gasteiger partial charge in [-0.1, -0.05) is 24.3 Å². The van der Waals surface area contributed by atoms with Gasteiger partial charge in [0.15, 0.2) is 0 Å². The Morgan fingerprint density at radius 2 is 1.93 bits per heavy atom. The van der Waals surface area contributed by atoms with Crippen LogP contribution in [0.25, 0.3) is 0 Å². The molecular weight excluding hydrogens is 398 g/mol. The maximum absolute atomic E-state index is 13.1. The zero-order valence-corrected chi connectivity index (χ0v) is 17.2. The first-order chi connectivity index (χ1) is 14.0. The SMILES string of the molecule is CB(O)N1CCC2(CC1)CC(C(=O)N(C)CCNC(=O)C(F)(F)F)c1ccccc12. The molecule has 1 heterocycles. The molecule has 0 saturated carbocycles. The average Bonchev–Trinajstić information content (AvgIpc) is 3.01. The molecule has 1 spiro atoms. The zero-order chi connectivity index (χ0) is 22.1. The molecule has 2 N–H and O–H groups in total. The van der Waals surface area contributed by atoms with E-state index >= 15 is 0 Å². The van der Waals surface area contributed by atoms with Crippen LogP contribution in [0.3, 0.4) is 0 Å². The lowest BCUT2D eigenvalue weighted by atomic mass is 9.70. The molecule has 1 unspecified atom stereocenters. The van der Waals surface area contributed by atoms with Crippen LogP contribution in [0.1, 0.15) is 36.3 Å². The van der Waals surface area contributed by atoms with Gasteiger partial charge in [-0.05, 0) is 55.7 Å². The van der Waals surface area contributed by atoms with Crippen molar-refractivity contribution in [3.8, 4) is 0 Å². The molecule has 2 amide bonds. The Labute approximate surface area is 174 Å². The van der Waals surface area contributed by atoms with E-state index < -0.39 is 19.1 Å². The van der Waals surface area contributed by atoms with Crippen molar-refractivity contribution in [1.82, 2.24) is 15.0 Å². The van der Waals surface area contributed by atoms with Crippen molar-refractivity contribution >= 4 is 18.9 Å². The van der Waals surface area contributed by atoms with Gasteiger partial charge in [0.25, 0.3) is 0 Å². The molecule has 0 aromatic heterocycles. The number of carbonyl (C=O) groups is 2. The molecule has 6 nitrogen and oxygen atoms in total. The highest BCUT2D eigenvalue weighted by molar-refractivity contribution is 6.45. The van der Waals surface area contributed by atoms with Crippen LogP contribution in [0.2, 0.25) is 6.82 Å². The van der Waals surface area contributed by atoms with E-state index in [4.69, 9.17) is 0 Å². The number of alkyl halides is 3. The van der Waals surface area contributed by atoms with Crippen molar-refractivity contribution in [2.45, 2.75) is 43.6 Å². The first-order valence-electron chi connectivity index (χ1n) is 10.2. The highest BCUT2D eigenvalue weighted by Gasteiger charge is 2.48. The van der Waals surface area contributed by atoms with Gasteiger partial charge in [0.1, 0.15) is 0 Å². The van der Waals surface area contributed by atoms with Gasteiger partial charge >= 0.3 is 19.1 Å². The number of halogens is 3. The number of benzene rings is 1. The quantitative estimate of drug-likeness (QED) is 0.706. The van der Waals surface area contributed by atoms with E-state index in [0.29, 0.717) is 6.42 Å². The summed E-state index contributed by atoms with van der Waals surface area (Å²) in [6, 6.07) is 7.87. The van der Waals surface area contributed by atoms with Gasteiger partial charge in [-0.25, -0.2) is 0 Å². The molecule has 2 aliphatic rings. The first-order valence-corrected chi connectivity index (χ1v) is 10.2. The second-order valence-corrected chi connectivity index (χ2v) is 8.31. The number of nitrogens with one attached hydrogen (secondary N) is 1. The third-order valence-corrected chi connectivity index (χ3v) is 6.45. The number of carbonyl (C=O) groups excluding carboxylic acids is 2. The van der Waals surface area contributed by atoms with Gasteiger partial charge in [-0.15, -0.1) is 0 Å². The number of hydrogen-bond acceptors (Lipinski definition) is 4. The average molecular weight is 425 g/mol. The first kappa shape index (κ1) is 22.6. The summed E-state index contributed by atoms with van der Waals surface area (Å²) in [7, 11) is 1.04. The van der Waals surface area contributed by atoms with Crippen LogP contribution in [0.4, 0.5) is 13.2 Å². The van der Waals surface area contributed by atoms with Crippen molar-refractivity contribution in [3.63, 3.8) is 0 Å². The molecule has 1 aromatic rings. The number of likely N-dealkylation sites (N-methyl/N-ethyl adjacent to an activating group) is 1. The second kappa shape index (κ2) is 8.59. The molecule has 1 aliphatic heterocycles. The zero-order valence-electron chi connectivity index (χ0n) is 17.2. The molecule has 1 aromatic carbocycles. The van der Waals surface area contributed by atoms with Crippen LogP contribution in [0.5, 0.6) is 0 Å². The van der Waals surface area contributed by atoms with Crippen LogP contribution >= 0.6 is 0 Å². The van der Waals surface area contributed by atoms with E-state index in [1.807, 2.05) is 23.0 Å². The summed E-state index contributed by atoms with van der Waals surface area (Å²) in [5.41, 5.74) is 2.00. The number of hydrogen-bond donors (Lipinski definition) is 2.